The van der Waals surface area contributed by atoms with Crippen molar-refractivity contribution in [2.75, 3.05) is 0 Å². The van der Waals surface area contributed by atoms with Gasteiger partial charge in [-0.2, -0.15) is 0 Å². The van der Waals surface area contributed by atoms with E-state index in [9.17, 15) is 0 Å². The van der Waals surface area contributed by atoms with Crippen molar-refractivity contribution in [1.82, 2.24) is 19.2 Å². The Morgan fingerprint density at radius 3 is 2.43 bits per heavy atom. The van der Waals surface area contributed by atoms with E-state index < -0.39 is 0 Å². The zero-order valence-corrected chi connectivity index (χ0v) is 12.4. The number of fused-ring (bicyclic) bond motifs is 3. The molecular formula is C16H14N4S. The minimum atomic E-state index is 0.881. The van der Waals surface area contributed by atoms with Crippen molar-refractivity contribution >= 4 is 28.6 Å². The molecule has 4 aromatic rings. The summed E-state index contributed by atoms with van der Waals surface area (Å²) in [5, 5.41) is 9.60. The molecule has 2 heterocycles. The second kappa shape index (κ2) is 4.93. The molecule has 104 valence electrons. The van der Waals surface area contributed by atoms with Crippen molar-refractivity contribution in [2.45, 2.75) is 10.9 Å². The Balaban J connectivity index is 1.77. The summed E-state index contributed by atoms with van der Waals surface area (Å²) in [6, 6.07) is 18.7. The standard InChI is InChI=1S/C16H14N4S/c1-19-13-9-5-6-10-14(13)20-15(19)17-18-16(20)21-11-12-7-3-2-4-8-12/h2-10H,11H2,1H3. The van der Waals surface area contributed by atoms with Gasteiger partial charge in [0.25, 0.3) is 0 Å². The van der Waals surface area contributed by atoms with E-state index in [-0.39, 0.29) is 0 Å². The van der Waals surface area contributed by atoms with Crippen LogP contribution in [0.15, 0.2) is 59.8 Å². The predicted octanol–water partition coefficient (Wildman–Crippen LogP) is 3.51. The average molecular weight is 294 g/mol. The summed E-state index contributed by atoms with van der Waals surface area (Å²) >= 11 is 1.71. The lowest BCUT2D eigenvalue weighted by Crippen LogP contribution is -1.88. The summed E-state index contributed by atoms with van der Waals surface area (Å²) in [5.74, 6) is 1.77. The Hall–Kier alpha value is -2.27. The number of aromatic nitrogens is 4. The van der Waals surface area contributed by atoms with Gasteiger partial charge in [0.05, 0.1) is 11.0 Å². The maximum atomic E-state index is 4.34. The summed E-state index contributed by atoms with van der Waals surface area (Å²) in [7, 11) is 2.03. The van der Waals surface area contributed by atoms with Crippen LogP contribution in [0, 0.1) is 0 Å². The van der Waals surface area contributed by atoms with Crippen LogP contribution in [0.4, 0.5) is 0 Å². The molecule has 0 atom stereocenters. The average Bonchev–Trinajstić information content (AvgIpc) is 3.07. The molecule has 2 aromatic heterocycles. The van der Waals surface area contributed by atoms with Crippen LogP contribution in [0.3, 0.4) is 0 Å². The smallest absolute Gasteiger partial charge is 0.236 e. The van der Waals surface area contributed by atoms with Gasteiger partial charge in [0, 0.05) is 12.8 Å². The van der Waals surface area contributed by atoms with Gasteiger partial charge in [0.1, 0.15) is 0 Å². The fourth-order valence-corrected chi connectivity index (χ4v) is 3.45. The molecule has 0 radical (unpaired) electrons. The van der Waals surface area contributed by atoms with Crippen LogP contribution in [-0.2, 0) is 12.8 Å². The first-order valence-corrected chi connectivity index (χ1v) is 7.78. The zero-order valence-electron chi connectivity index (χ0n) is 11.6. The lowest BCUT2D eigenvalue weighted by atomic mass is 10.2. The van der Waals surface area contributed by atoms with Gasteiger partial charge in [-0.25, -0.2) is 0 Å². The van der Waals surface area contributed by atoms with E-state index in [0.29, 0.717) is 0 Å². The van der Waals surface area contributed by atoms with E-state index in [2.05, 4.69) is 55.6 Å². The van der Waals surface area contributed by atoms with Crippen LogP contribution >= 0.6 is 11.8 Å². The molecule has 5 heteroatoms. The number of aryl methyl sites for hydroxylation is 1. The third-order valence-corrected chi connectivity index (χ3v) is 4.61. The molecule has 21 heavy (non-hydrogen) atoms. The molecule has 4 rings (SSSR count). The number of hydrogen-bond donors (Lipinski definition) is 0. The van der Waals surface area contributed by atoms with Crippen LogP contribution < -0.4 is 0 Å². The van der Waals surface area contributed by atoms with Gasteiger partial charge in [0.15, 0.2) is 5.16 Å². The van der Waals surface area contributed by atoms with Crippen molar-refractivity contribution in [3.05, 3.63) is 60.2 Å². The van der Waals surface area contributed by atoms with Crippen molar-refractivity contribution in [3.8, 4) is 0 Å². The van der Waals surface area contributed by atoms with Crippen molar-refractivity contribution in [1.29, 1.82) is 0 Å². The van der Waals surface area contributed by atoms with E-state index in [4.69, 9.17) is 0 Å². The lowest BCUT2D eigenvalue weighted by Gasteiger charge is -1.99. The largest absolute Gasteiger partial charge is 0.311 e. The molecule has 0 N–H and O–H groups in total. The molecular weight excluding hydrogens is 280 g/mol. The maximum absolute atomic E-state index is 4.34. The summed E-state index contributed by atoms with van der Waals surface area (Å²) in [6.07, 6.45) is 0. The molecule has 0 aliphatic rings. The Labute approximate surface area is 126 Å². The number of thioether (sulfide) groups is 1. The first kappa shape index (κ1) is 12.5. The molecule has 0 spiro atoms. The topological polar surface area (TPSA) is 35.1 Å². The summed E-state index contributed by atoms with van der Waals surface area (Å²) in [6.45, 7) is 0. The van der Waals surface area contributed by atoms with Gasteiger partial charge < -0.3 is 4.57 Å². The second-order valence-electron chi connectivity index (χ2n) is 4.94. The predicted molar refractivity (Wildman–Crippen MR) is 85.5 cm³/mol. The van der Waals surface area contributed by atoms with Gasteiger partial charge in [0.2, 0.25) is 5.78 Å². The molecule has 0 bridgehead atoms. The number of rotatable bonds is 3. The molecule has 0 saturated heterocycles. The summed E-state index contributed by atoms with van der Waals surface area (Å²) in [5.41, 5.74) is 3.61. The fourth-order valence-electron chi connectivity index (χ4n) is 2.55. The van der Waals surface area contributed by atoms with E-state index >= 15 is 0 Å². The van der Waals surface area contributed by atoms with E-state index in [1.807, 2.05) is 25.2 Å². The van der Waals surface area contributed by atoms with Crippen LogP contribution in [-0.4, -0.2) is 19.2 Å². The zero-order chi connectivity index (χ0) is 14.2. The van der Waals surface area contributed by atoms with E-state index in [1.54, 1.807) is 11.8 Å². The molecule has 0 aliphatic carbocycles. The van der Waals surface area contributed by atoms with E-state index in [1.165, 1.54) is 11.1 Å². The first-order valence-electron chi connectivity index (χ1n) is 6.80. The third-order valence-electron chi connectivity index (χ3n) is 3.61. The molecule has 2 aromatic carbocycles. The number of hydrogen-bond acceptors (Lipinski definition) is 3. The minimum absolute atomic E-state index is 0.881. The van der Waals surface area contributed by atoms with Crippen LogP contribution in [0.2, 0.25) is 0 Å². The van der Waals surface area contributed by atoms with Gasteiger partial charge in [-0.05, 0) is 17.7 Å². The monoisotopic (exact) mass is 294 g/mol. The summed E-state index contributed by atoms with van der Waals surface area (Å²) < 4.78 is 4.21. The Morgan fingerprint density at radius 1 is 0.905 bits per heavy atom. The highest BCUT2D eigenvalue weighted by atomic mass is 32.2. The molecule has 0 fully saturated rings. The highest BCUT2D eigenvalue weighted by Crippen LogP contribution is 2.26. The van der Waals surface area contributed by atoms with Gasteiger partial charge in [-0.3, -0.25) is 4.40 Å². The number of benzene rings is 2. The molecule has 0 aliphatic heterocycles. The number of para-hydroxylation sites is 2. The summed E-state index contributed by atoms with van der Waals surface area (Å²) in [4.78, 5) is 0. The fraction of sp³-hybridized carbons (Fsp3) is 0.125. The normalized spacial score (nSPS) is 11.5. The van der Waals surface area contributed by atoms with Crippen LogP contribution in [0.1, 0.15) is 5.56 Å². The molecule has 4 nitrogen and oxygen atoms in total. The van der Waals surface area contributed by atoms with Crippen LogP contribution in [0.25, 0.3) is 16.8 Å². The Morgan fingerprint density at radius 2 is 1.62 bits per heavy atom. The Kier molecular flexibility index (Phi) is 2.93. The minimum Gasteiger partial charge on any atom is -0.311 e. The lowest BCUT2D eigenvalue weighted by molar-refractivity contribution is 0.936. The number of nitrogens with zero attached hydrogens (tertiary/aromatic N) is 4. The number of imidazole rings is 1. The van der Waals surface area contributed by atoms with E-state index in [0.717, 1.165) is 22.2 Å². The van der Waals surface area contributed by atoms with Crippen molar-refractivity contribution < 1.29 is 0 Å². The maximum Gasteiger partial charge on any atom is 0.236 e. The van der Waals surface area contributed by atoms with Gasteiger partial charge in [-0.1, -0.05) is 54.2 Å². The Bertz CT molecular complexity index is 908. The second-order valence-corrected chi connectivity index (χ2v) is 5.88. The highest BCUT2D eigenvalue weighted by molar-refractivity contribution is 7.98. The van der Waals surface area contributed by atoms with Crippen molar-refractivity contribution in [2.24, 2.45) is 7.05 Å². The SMILES string of the molecule is Cn1c2ccccc2n2c(SCc3ccccc3)nnc12. The third kappa shape index (κ3) is 2.01. The van der Waals surface area contributed by atoms with Crippen LogP contribution in [0.5, 0.6) is 0 Å². The van der Waals surface area contributed by atoms with Crippen molar-refractivity contribution in [3.63, 3.8) is 0 Å². The molecule has 0 amide bonds. The highest BCUT2D eigenvalue weighted by Gasteiger charge is 2.14. The quantitative estimate of drug-likeness (QED) is 0.542. The molecule has 0 unspecified atom stereocenters. The van der Waals surface area contributed by atoms with Gasteiger partial charge >= 0.3 is 0 Å². The van der Waals surface area contributed by atoms with Gasteiger partial charge in [-0.15, -0.1) is 10.2 Å². The first-order chi connectivity index (χ1) is 10.3. The molecule has 0 saturated carbocycles.